The van der Waals surface area contributed by atoms with Crippen LogP contribution in [0.4, 0.5) is 0 Å². The molecule has 0 radical (unpaired) electrons. The highest BCUT2D eigenvalue weighted by atomic mass is 16.5. The lowest BCUT2D eigenvalue weighted by Crippen LogP contribution is -2.54. The molecule has 0 saturated heterocycles. The van der Waals surface area contributed by atoms with Crippen LogP contribution in [0.1, 0.15) is 12.0 Å². The predicted molar refractivity (Wildman–Crippen MR) is 76.8 cm³/mol. The van der Waals surface area contributed by atoms with Gasteiger partial charge in [-0.15, -0.1) is 0 Å². The predicted octanol–water partition coefficient (Wildman–Crippen LogP) is 0.989. The second-order valence-electron chi connectivity index (χ2n) is 5.22. The van der Waals surface area contributed by atoms with Gasteiger partial charge in [-0.3, -0.25) is 5.32 Å². The number of nitrogens with zero attached hydrogens (tertiary/aromatic N) is 1. The quantitative estimate of drug-likeness (QED) is 0.814. The van der Waals surface area contributed by atoms with Gasteiger partial charge in [0.05, 0.1) is 13.7 Å². The zero-order chi connectivity index (χ0) is 14.6. The van der Waals surface area contributed by atoms with Crippen molar-refractivity contribution in [2.75, 3.05) is 40.9 Å². The highest BCUT2D eigenvalue weighted by Gasteiger charge is 2.45. The number of carbonyl (C=O) groups excluding carboxylic acids is 1. The van der Waals surface area contributed by atoms with Gasteiger partial charge in [-0.05, 0) is 20.2 Å². The molecule has 5 heteroatoms. The lowest BCUT2D eigenvalue weighted by atomic mass is 9.84. The van der Waals surface area contributed by atoms with Gasteiger partial charge in [0.2, 0.25) is 0 Å². The van der Waals surface area contributed by atoms with Gasteiger partial charge >= 0.3 is 5.97 Å². The Bertz CT molecular complexity index is 476. The van der Waals surface area contributed by atoms with Gasteiger partial charge in [-0.1, -0.05) is 18.2 Å². The number of fused-ring (bicyclic) bond motifs is 1. The van der Waals surface area contributed by atoms with Gasteiger partial charge in [0, 0.05) is 25.1 Å². The van der Waals surface area contributed by atoms with Crippen molar-refractivity contribution < 1.29 is 14.3 Å². The molecule has 0 bridgehead atoms. The molecule has 0 fully saturated rings. The molecule has 5 nitrogen and oxygen atoms in total. The number of para-hydroxylation sites is 1. The summed E-state index contributed by atoms with van der Waals surface area (Å²) in [6, 6.07) is 7.64. The van der Waals surface area contributed by atoms with Gasteiger partial charge in [-0.2, -0.15) is 0 Å². The minimum atomic E-state index is -0.806. The lowest BCUT2D eigenvalue weighted by molar-refractivity contribution is -0.150. The molecule has 0 saturated carbocycles. The summed E-state index contributed by atoms with van der Waals surface area (Å²) in [5, 5.41) is 3.38. The summed E-state index contributed by atoms with van der Waals surface area (Å²) in [6.45, 7) is 2.05. The molecule has 1 aromatic rings. The first-order valence-corrected chi connectivity index (χ1v) is 6.80. The van der Waals surface area contributed by atoms with Gasteiger partial charge in [0.1, 0.15) is 11.3 Å². The Morgan fingerprint density at radius 1 is 1.45 bits per heavy atom. The van der Waals surface area contributed by atoms with Crippen molar-refractivity contribution in [2.45, 2.75) is 12.0 Å². The smallest absolute Gasteiger partial charge is 0.331 e. The van der Waals surface area contributed by atoms with E-state index in [1.165, 1.54) is 7.11 Å². The van der Waals surface area contributed by atoms with Crippen LogP contribution in [-0.4, -0.2) is 51.8 Å². The Hall–Kier alpha value is -1.59. The molecule has 1 aliphatic rings. The number of benzene rings is 1. The fourth-order valence-corrected chi connectivity index (χ4v) is 2.53. The van der Waals surface area contributed by atoms with Crippen LogP contribution in [0.25, 0.3) is 0 Å². The average Bonchev–Trinajstić information content (AvgIpc) is 2.46. The summed E-state index contributed by atoms with van der Waals surface area (Å²) in [4.78, 5) is 14.4. The standard InChI is InChI=1S/C15H22N2O3/c1-17(2)10-9-16-15(14(18)19-3)8-11-20-13-7-5-4-6-12(13)15/h4-7,16H,8-11H2,1-3H3. The molecular weight excluding hydrogens is 256 g/mol. The number of carbonyl (C=O) groups is 1. The van der Waals surface area contributed by atoms with Crippen LogP contribution in [0.5, 0.6) is 5.75 Å². The van der Waals surface area contributed by atoms with Crippen LogP contribution < -0.4 is 10.1 Å². The number of hydrogen-bond acceptors (Lipinski definition) is 5. The molecule has 110 valence electrons. The number of hydrogen-bond donors (Lipinski definition) is 1. The number of esters is 1. The SMILES string of the molecule is COC(=O)C1(NCCN(C)C)CCOc2ccccc21. The molecule has 0 aliphatic carbocycles. The molecule has 1 aromatic carbocycles. The van der Waals surface area contributed by atoms with E-state index in [0.29, 0.717) is 19.6 Å². The third-order valence-corrected chi connectivity index (χ3v) is 3.60. The second kappa shape index (κ2) is 6.24. The summed E-state index contributed by atoms with van der Waals surface area (Å²) in [5.74, 6) is 0.494. The molecule has 20 heavy (non-hydrogen) atoms. The molecular formula is C15H22N2O3. The van der Waals surface area contributed by atoms with Crippen molar-refractivity contribution >= 4 is 5.97 Å². The fourth-order valence-electron chi connectivity index (χ4n) is 2.53. The first-order chi connectivity index (χ1) is 9.60. The van der Waals surface area contributed by atoms with Crippen molar-refractivity contribution in [3.8, 4) is 5.75 Å². The summed E-state index contributed by atoms with van der Waals surface area (Å²) < 4.78 is 10.7. The zero-order valence-electron chi connectivity index (χ0n) is 12.3. The van der Waals surface area contributed by atoms with Crippen molar-refractivity contribution in [1.82, 2.24) is 10.2 Å². The molecule has 1 heterocycles. The van der Waals surface area contributed by atoms with Crippen molar-refractivity contribution in [3.05, 3.63) is 29.8 Å². The fraction of sp³-hybridized carbons (Fsp3) is 0.533. The summed E-state index contributed by atoms with van der Waals surface area (Å²) in [6.07, 6.45) is 0.574. The van der Waals surface area contributed by atoms with Crippen LogP contribution >= 0.6 is 0 Å². The number of likely N-dealkylation sites (N-methyl/N-ethyl adjacent to an activating group) is 1. The van der Waals surface area contributed by atoms with Crippen LogP contribution in [0.3, 0.4) is 0 Å². The number of ether oxygens (including phenoxy) is 2. The van der Waals surface area contributed by atoms with E-state index in [9.17, 15) is 4.79 Å². The molecule has 2 rings (SSSR count). The normalized spacial score (nSPS) is 21.2. The van der Waals surface area contributed by atoms with E-state index >= 15 is 0 Å². The van der Waals surface area contributed by atoms with Crippen LogP contribution in [0.15, 0.2) is 24.3 Å². The Balaban J connectivity index is 2.31. The highest BCUT2D eigenvalue weighted by molar-refractivity contribution is 5.84. The van der Waals surface area contributed by atoms with Crippen LogP contribution in [-0.2, 0) is 15.1 Å². The minimum Gasteiger partial charge on any atom is -0.493 e. The topological polar surface area (TPSA) is 50.8 Å². The molecule has 1 N–H and O–H groups in total. The van der Waals surface area contributed by atoms with E-state index < -0.39 is 5.54 Å². The molecule has 1 unspecified atom stereocenters. The zero-order valence-corrected chi connectivity index (χ0v) is 12.3. The van der Waals surface area contributed by atoms with E-state index in [-0.39, 0.29) is 5.97 Å². The lowest BCUT2D eigenvalue weighted by Gasteiger charge is -2.37. The third-order valence-electron chi connectivity index (χ3n) is 3.60. The van der Waals surface area contributed by atoms with E-state index in [2.05, 4.69) is 10.2 Å². The Morgan fingerprint density at radius 3 is 2.90 bits per heavy atom. The van der Waals surface area contributed by atoms with Crippen molar-refractivity contribution in [2.24, 2.45) is 0 Å². The number of nitrogens with one attached hydrogen (secondary N) is 1. The summed E-state index contributed by atoms with van der Waals surface area (Å²) >= 11 is 0. The molecule has 1 atom stereocenters. The molecule has 1 aliphatic heterocycles. The summed E-state index contributed by atoms with van der Waals surface area (Å²) in [5.41, 5.74) is 0.0523. The van der Waals surface area contributed by atoms with Crippen LogP contribution in [0.2, 0.25) is 0 Å². The van der Waals surface area contributed by atoms with Crippen molar-refractivity contribution in [1.29, 1.82) is 0 Å². The first-order valence-electron chi connectivity index (χ1n) is 6.80. The number of rotatable bonds is 5. The maximum Gasteiger partial charge on any atom is 0.331 e. The van der Waals surface area contributed by atoms with E-state index in [0.717, 1.165) is 17.9 Å². The maximum absolute atomic E-state index is 12.4. The Morgan fingerprint density at radius 2 is 2.20 bits per heavy atom. The van der Waals surface area contributed by atoms with Crippen molar-refractivity contribution in [3.63, 3.8) is 0 Å². The first kappa shape index (κ1) is 14.8. The van der Waals surface area contributed by atoms with Gasteiger partial charge in [0.25, 0.3) is 0 Å². The number of methoxy groups -OCH3 is 1. The highest BCUT2D eigenvalue weighted by Crippen LogP contribution is 2.37. The molecule has 0 amide bonds. The summed E-state index contributed by atoms with van der Waals surface area (Å²) in [7, 11) is 5.44. The average molecular weight is 278 g/mol. The minimum absolute atomic E-state index is 0.257. The van der Waals surface area contributed by atoms with Gasteiger partial charge < -0.3 is 14.4 Å². The third kappa shape index (κ3) is 2.78. The molecule has 0 spiro atoms. The molecule has 0 aromatic heterocycles. The van der Waals surface area contributed by atoms with E-state index in [1.54, 1.807) is 0 Å². The van der Waals surface area contributed by atoms with Crippen LogP contribution in [0, 0.1) is 0 Å². The largest absolute Gasteiger partial charge is 0.493 e. The Labute approximate surface area is 119 Å². The maximum atomic E-state index is 12.4. The second-order valence-corrected chi connectivity index (χ2v) is 5.22. The monoisotopic (exact) mass is 278 g/mol. The van der Waals surface area contributed by atoms with Gasteiger partial charge in [-0.25, -0.2) is 4.79 Å². The Kier molecular flexibility index (Phi) is 4.62. The van der Waals surface area contributed by atoms with Gasteiger partial charge in [0.15, 0.2) is 0 Å². The van der Waals surface area contributed by atoms with E-state index in [4.69, 9.17) is 9.47 Å². The van der Waals surface area contributed by atoms with E-state index in [1.807, 2.05) is 38.4 Å².